The number of hydrogen-bond acceptors (Lipinski definition) is 6. The van der Waals surface area contributed by atoms with Crippen LogP contribution in [0, 0.1) is 6.92 Å². The van der Waals surface area contributed by atoms with Gasteiger partial charge in [-0.1, -0.05) is 6.07 Å². The topological polar surface area (TPSA) is 74.0 Å². The van der Waals surface area contributed by atoms with Crippen LogP contribution in [0.5, 0.6) is 0 Å². The predicted molar refractivity (Wildman–Crippen MR) is 98.7 cm³/mol. The van der Waals surface area contributed by atoms with Crippen molar-refractivity contribution in [1.82, 2.24) is 29.4 Å². The molecule has 26 heavy (non-hydrogen) atoms. The van der Waals surface area contributed by atoms with Crippen LogP contribution in [-0.4, -0.2) is 29.4 Å². The number of rotatable bonds is 3. The maximum absolute atomic E-state index is 5.26. The fraction of sp³-hybridized carbons (Fsp3) is 0.111. The third-order valence-corrected chi connectivity index (χ3v) is 5.22. The van der Waals surface area contributed by atoms with Crippen molar-refractivity contribution >= 4 is 16.9 Å². The molecular formula is C18H14N6OS. The quantitative estimate of drug-likeness (QED) is 0.488. The number of aromatic nitrogens is 6. The Hall–Kier alpha value is -3.26. The monoisotopic (exact) mass is 362 g/mol. The van der Waals surface area contributed by atoms with Gasteiger partial charge in [0, 0.05) is 18.8 Å². The fourth-order valence-corrected chi connectivity index (χ4v) is 4.13. The van der Waals surface area contributed by atoms with Crippen LogP contribution in [-0.2, 0) is 7.05 Å². The zero-order chi connectivity index (χ0) is 17.7. The van der Waals surface area contributed by atoms with Gasteiger partial charge in [0.15, 0.2) is 5.82 Å². The lowest BCUT2D eigenvalue weighted by Crippen LogP contribution is -1.88. The molecular weight excluding hydrogens is 348 g/mol. The van der Waals surface area contributed by atoms with E-state index in [1.165, 1.54) is 0 Å². The van der Waals surface area contributed by atoms with Crippen LogP contribution in [0.4, 0.5) is 0 Å². The molecule has 0 radical (unpaired) electrons. The molecule has 5 aromatic heterocycles. The van der Waals surface area contributed by atoms with Crippen molar-refractivity contribution in [3.8, 4) is 32.5 Å². The standard InChI is InChI=1S/C18H14N6OS/c1-11-14(13-5-3-4-7-24(13)21-11)18-20-15(12-6-8-25-9-12)16(26-18)17-19-10-23(2)22-17/h3-10H,1-2H3. The number of thiazole rings is 1. The molecule has 7 nitrogen and oxygen atoms in total. The second-order valence-corrected chi connectivity index (χ2v) is 6.94. The molecule has 0 aromatic carbocycles. The molecule has 0 aliphatic carbocycles. The molecule has 0 saturated heterocycles. The molecule has 0 fully saturated rings. The van der Waals surface area contributed by atoms with E-state index in [9.17, 15) is 0 Å². The second kappa shape index (κ2) is 5.63. The number of pyridine rings is 1. The van der Waals surface area contributed by atoms with Gasteiger partial charge < -0.3 is 4.42 Å². The molecule has 0 bridgehead atoms. The van der Waals surface area contributed by atoms with Crippen molar-refractivity contribution in [2.75, 3.05) is 0 Å². The first-order chi connectivity index (χ1) is 12.7. The van der Waals surface area contributed by atoms with Crippen molar-refractivity contribution in [3.63, 3.8) is 0 Å². The first kappa shape index (κ1) is 15.0. The van der Waals surface area contributed by atoms with E-state index in [-0.39, 0.29) is 0 Å². The summed E-state index contributed by atoms with van der Waals surface area (Å²) < 4.78 is 8.83. The normalized spacial score (nSPS) is 11.5. The van der Waals surface area contributed by atoms with Crippen molar-refractivity contribution in [3.05, 3.63) is 55.0 Å². The summed E-state index contributed by atoms with van der Waals surface area (Å²) in [4.78, 5) is 10.2. The van der Waals surface area contributed by atoms with E-state index in [1.807, 2.05) is 48.9 Å². The Balaban J connectivity index is 1.77. The summed E-state index contributed by atoms with van der Waals surface area (Å²) in [6, 6.07) is 7.91. The highest BCUT2D eigenvalue weighted by atomic mass is 32.1. The smallest absolute Gasteiger partial charge is 0.193 e. The zero-order valence-corrected chi connectivity index (χ0v) is 14.9. The lowest BCUT2D eigenvalue weighted by atomic mass is 10.2. The van der Waals surface area contributed by atoms with Gasteiger partial charge in [-0.15, -0.1) is 11.3 Å². The molecule has 0 aliphatic rings. The maximum atomic E-state index is 5.26. The van der Waals surface area contributed by atoms with Crippen LogP contribution in [0.1, 0.15) is 5.69 Å². The Bertz CT molecular complexity index is 1210. The van der Waals surface area contributed by atoms with Gasteiger partial charge in [-0.05, 0) is 25.1 Å². The third-order valence-electron chi connectivity index (χ3n) is 4.15. The Morgan fingerprint density at radius 1 is 1.15 bits per heavy atom. The molecule has 0 saturated carbocycles. The van der Waals surface area contributed by atoms with Crippen LogP contribution in [0.25, 0.3) is 38.0 Å². The Kier molecular flexibility index (Phi) is 3.26. The lowest BCUT2D eigenvalue weighted by molar-refractivity contribution is 0.568. The van der Waals surface area contributed by atoms with Crippen molar-refractivity contribution in [2.24, 2.45) is 7.05 Å². The van der Waals surface area contributed by atoms with Crippen LogP contribution < -0.4 is 0 Å². The zero-order valence-electron chi connectivity index (χ0n) is 14.1. The SMILES string of the molecule is Cc1nn2ccccc2c1-c1nc(-c2ccoc2)c(-c2ncn(C)n2)s1. The summed E-state index contributed by atoms with van der Waals surface area (Å²) in [5, 5.41) is 9.94. The molecule has 5 heterocycles. The summed E-state index contributed by atoms with van der Waals surface area (Å²) in [5.74, 6) is 0.654. The second-order valence-electron chi connectivity index (χ2n) is 5.94. The molecule has 128 valence electrons. The van der Waals surface area contributed by atoms with Gasteiger partial charge in [-0.25, -0.2) is 14.5 Å². The number of hydrogen-bond donors (Lipinski definition) is 0. The van der Waals surface area contributed by atoms with Gasteiger partial charge >= 0.3 is 0 Å². The average molecular weight is 362 g/mol. The third kappa shape index (κ3) is 2.26. The highest BCUT2D eigenvalue weighted by molar-refractivity contribution is 7.19. The maximum Gasteiger partial charge on any atom is 0.193 e. The molecule has 0 spiro atoms. The molecule has 5 aromatic rings. The molecule has 0 aliphatic heterocycles. The first-order valence-electron chi connectivity index (χ1n) is 8.04. The van der Waals surface area contributed by atoms with E-state index >= 15 is 0 Å². The van der Waals surface area contributed by atoms with E-state index in [4.69, 9.17) is 9.40 Å². The molecule has 0 atom stereocenters. The molecule has 0 N–H and O–H groups in total. The number of nitrogens with zero attached hydrogens (tertiary/aromatic N) is 6. The van der Waals surface area contributed by atoms with Gasteiger partial charge in [0.05, 0.1) is 35.0 Å². The summed E-state index contributed by atoms with van der Waals surface area (Å²) in [6.45, 7) is 2.00. The predicted octanol–water partition coefficient (Wildman–Crippen LogP) is 3.82. The Morgan fingerprint density at radius 3 is 2.85 bits per heavy atom. The summed E-state index contributed by atoms with van der Waals surface area (Å²) in [7, 11) is 1.85. The minimum Gasteiger partial charge on any atom is -0.472 e. The van der Waals surface area contributed by atoms with Gasteiger partial charge in [0.1, 0.15) is 16.2 Å². The minimum atomic E-state index is 0.654. The number of furan rings is 1. The molecule has 0 amide bonds. The van der Waals surface area contributed by atoms with E-state index in [0.29, 0.717) is 5.82 Å². The van der Waals surface area contributed by atoms with Crippen LogP contribution in [0.3, 0.4) is 0 Å². The summed E-state index contributed by atoms with van der Waals surface area (Å²) >= 11 is 1.57. The largest absolute Gasteiger partial charge is 0.472 e. The Morgan fingerprint density at radius 2 is 2.08 bits per heavy atom. The molecule has 5 rings (SSSR count). The number of fused-ring (bicyclic) bond motifs is 1. The van der Waals surface area contributed by atoms with E-state index in [0.717, 1.165) is 37.9 Å². The fourth-order valence-electron chi connectivity index (χ4n) is 3.00. The Labute approximate surface area is 152 Å². The number of aryl methyl sites for hydroxylation is 2. The highest BCUT2D eigenvalue weighted by Gasteiger charge is 2.22. The van der Waals surface area contributed by atoms with Gasteiger partial charge in [0.25, 0.3) is 0 Å². The van der Waals surface area contributed by atoms with Crippen LogP contribution in [0.2, 0.25) is 0 Å². The van der Waals surface area contributed by atoms with Crippen molar-refractivity contribution in [2.45, 2.75) is 6.92 Å². The van der Waals surface area contributed by atoms with Crippen LogP contribution >= 0.6 is 11.3 Å². The van der Waals surface area contributed by atoms with Gasteiger partial charge in [-0.3, -0.25) is 4.68 Å². The summed E-state index contributed by atoms with van der Waals surface area (Å²) in [5.41, 5.74) is 4.72. The van der Waals surface area contributed by atoms with Gasteiger partial charge in [0.2, 0.25) is 0 Å². The minimum absolute atomic E-state index is 0.654. The van der Waals surface area contributed by atoms with Gasteiger partial charge in [-0.2, -0.15) is 10.2 Å². The first-order valence-corrected chi connectivity index (χ1v) is 8.86. The van der Waals surface area contributed by atoms with E-state index in [1.54, 1.807) is 34.9 Å². The average Bonchev–Trinajstić information content (AvgIpc) is 3.39. The molecule has 0 unspecified atom stereocenters. The van der Waals surface area contributed by atoms with Crippen molar-refractivity contribution < 1.29 is 4.42 Å². The lowest BCUT2D eigenvalue weighted by Gasteiger charge is -1.95. The molecule has 8 heteroatoms. The van der Waals surface area contributed by atoms with Crippen LogP contribution in [0.15, 0.2) is 53.7 Å². The highest BCUT2D eigenvalue weighted by Crippen LogP contribution is 2.41. The van der Waals surface area contributed by atoms with E-state index in [2.05, 4.69) is 15.2 Å². The van der Waals surface area contributed by atoms with E-state index < -0.39 is 0 Å². The summed E-state index contributed by atoms with van der Waals surface area (Å²) in [6.07, 6.45) is 6.96. The van der Waals surface area contributed by atoms with Crippen molar-refractivity contribution in [1.29, 1.82) is 0 Å².